The number of piperazine rings is 1. The van der Waals surface area contributed by atoms with E-state index in [1.165, 1.54) is 35.4 Å². The fraction of sp³-hybridized carbons (Fsp3) is 0.425. The van der Waals surface area contributed by atoms with Crippen LogP contribution in [0.15, 0.2) is 96.9 Å². The first-order valence-electron chi connectivity index (χ1n) is 18.0. The maximum atomic E-state index is 15.0. The van der Waals surface area contributed by atoms with Crippen LogP contribution in [0, 0.1) is 23.0 Å². The van der Waals surface area contributed by atoms with E-state index >= 15 is 4.39 Å². The zero-order chi connectivity index (χ0) is 35.6. The topological polar surface area (TPSA) is 65.3 Å². The summed E-state index contributed by atoms with van der Waals surface area (Å²) in [5.74, 6) is -0.0746. The minimum absolute atomic E-state index is 0.232. The van der Waals surface area contributed by atoms with E-state index in [-0.39, 0.29) is 11.3 Å². The lowest BCUT2D eigenvalue weighted by Crippen LogP contribution is -2.46. The molecule has 3 aliphatic heterocycles. The Morgan fingerprint density at radius 1 is 0.902 bits per heavy atom. The van der Waals surface area contributed by atoms with Gasteiger partial charge in [-0.05, 0) is 85.0 Å². The molecule has 7 rings (SSSR count). The smallest absolute Gasteiger partial charge is 0.137 e. The van der Waals surface area contributed by atoms with Gasteiger partial charge in [-0.3, -0.25) is 4.90 Å². The summed E-state index contributed by atoms with van der Waals surface area (Å²) in [5.41, 5.74) is 4.49. The molecule has 0 aliphatic carbocycles. The van der Waals surface area contributed by atoms with Crippen molar-refractivity contribution in [1.29, 1.82) is 0 Å². The second-order valence-corrected chi connectivity index (χ2v) is 15.2. The Balaban J connectivity index is 0.896. The molecular weight excluding hydrogens is 646 g/mol. The molecule has 3 aromatic carbocycles. The maximum absolute atomic E-state index is 15.0. The van der Waals surface area contributed by atoms with Gasteiger partial charge < -0.3 is 14.5 Å². The van der Waals surface area contributed by atoms with E-state index in [9.17, 15) is 4.39 Å². The predicted molar refractivity (Wildman–Crippen MR) is 199 cm³/mol. The van der Waals surface area contributed by atoms with E-state index in [1.54, 1.807) is 11.0 Å². The van der Waals surface area contributed by atoms with Gasteiger partial charge in [0.2, 0.25) is 0 Å². The van der Waals surface area contributed by atoms with Crippen molar-refractivity contribution in [3.63, 3.8) is 0 Å². The van der Waals surface area contributed by atoms with E-state index in [2.05, 4.69) is 106 Å². The number of halogens is 2. The Labute approximate surface area is 299 Å². The molecule has 0 N–H and O–H groups in total. The zero-order valence-corrected chi connectivity index (χ0v) is 29.9. The lowest BCUT2D eigenvalue weighted by molar-refractivity contribution is -0.0204. The fourth-order valence-corrected chi connectivity index (χ4v) is 7.37. The van der Waals surface area contributed by atoms with Crippen LogP contribution in [-0.2, 0) is 23.3 Å². The highest BCUT2D eigenvalue weighted by atomic mass is 19.1. The number of hydrogen-bond donors (Lipinski definition) is 0. The molecule has 51 heavy (non-hydrogen) atoms. The van der Waals surface area contributed by atoms with E-state index in [4.69, 9.17) is 4.74 Å². The van der Waals surface area contributed by atoms with Gasteiger partial charge in [-0.2, -0.15) is 10.2 Å². The summed E-state index contributed by atoms with van der Waals surface area (Å²) in [6.45, 7) is 16.5. The predicted octanol–water partition coefficient (Wildman–Crippen LogP) is 7.42. The number of hydrogen-bond acceptors (Lipinski definition) is 8. The SMILES string of the molecule is C=C1N(CCC(C)(C)C)N=CN1c1ccc(N2CCN(c3ccc(CC[C@H]4COC(Cn5cncn5)(c5ccc(F)cc5F)C4)cc3)CC2)cc1. The first-order valence-corrected chi connectivity index (χ1v) is 18.0. The van der Waals surface area contributed by atoms with Gasteiger partial charge in [-0.25, -0.2) is 23.5 Å². The number of ether oxygens (including phenoxy) is 1. The van der Waals surface area contributed by atoms with E-state index < -0.39 is 17.2 Å². The van der Waals surface area contributed by atoms with Crippen molar-refractivity contribution < 1.29 is 13.5 Å². The summed E-state index contributed by atoms with van der Waals surface area (Å²) in [7, 11) is 0. The number of rotatable bonds is 11. The Morgan fingerprint density at radius 2 is 1.57 bits per heavy atom. The van der Waals surface area contributed by atoms with Gasteiger partial charge in [0, 0.05) is 61.4 Å². The largest absolute Gasteiger partial charge is 0.368 e. The Kier molecular flexibility index (Phi) is 9.83. The molecule has 4 aromatic rings. The number of aromatic nitrogens is 3. The standard InChI is InChI=1S/C40H48F2N8O/c1-30-49(29-45-50(30)18-17-39(2,3)4)36-14-12-35(13-15-36)47-21-19-46(20-22-47)34-10-7-31(8-11-34)5-6-32-24-40(51-25-32,26-48-28-43-27-44-48)37-16-9-33(41)23-38(37)42/h7-16,23,27-29,32H,1,5-6,17-22,24-26H2,2-4H3/t32-,40?/m1/s1. The minimum Gasteiger partial charge on any atom is -0.368 e. The molecule has 0 spiro atoms. The lowest BCUT2D eigenvalue weighted by Gasteiger charge is -2.37. The van der Waals surface area contributed by atoms with Crippen LogP contribution in [0.2, 0.25) is 0 Å². The average molecular weight is 695 g/mol. The van der Waals surface area contributed by atoms with E-state index in [0.29, 0.717) is 25.1 Å². The summed E-state index contributed by atoms with van der Waals surface area (Å²) in [5, 5.41) is 10.8. The van der Waals surface area contributed by atoms with Crippen LogP contribution < -0.4 is 14.7 Å². The monoisotopic (exact) mass is 694 g/mol. The molecule has 11 heteroatoms. The lowest BCUT2D eigenvalue weighted by atomic mass is 9.84. The highest BCUT2D eigenvalue weighted by Gasteiger charge is 2.44. The van der Waals surface area contributed by atoms with Crippen molar-refractivity contribution in [3.8, 4) is 0 Å². The fourth-order valence-electron chi connectivity index (χ4n) is 7.37. The molecule has 0 amide bonds. The van der Waals surface area contributed by atoms with Gasteiger partial charge in [-0.1, -0.05) is 45.5 Å². The van der Waals surface area contributed by atoms with Crippen LogP contribution in [0.3, 0.4) is 0 Å². The molecule has 1 aromatic heterocycles. The molecule has 1 unspecified atom stereocenters. The van der Waals surface area contributed by atoms with Gasteiger partial charge in [0.05, 0.1) is 13.2 Å². The van der Waals surface area contributed by atoms with Crippen molar-refractivity contribution in [2.75, 3.05) is 54.0 Å². The molecule has 0 saturated carbocycles. The Bertz CT molecular complexity index is 1810. The molecule has 9 nitrogen and oxygen atoms in total. The number of nitrogens with zero attached hydrogens (tertiary/aromatic N) is 8. The molecule has 2 atom stereocenters. The number of anilines is 3. The molecule has 268 valence electrons. The van der Waals surface area contributed by atoms with Crippen LogP contribution in [0.5, 0.6) is 0 Å². The maximum Gasteiger partial charge on any atom is 0.137 e. The second-order valence-electron chi connectivity index (χ2n) is 15.2. The van der Waals surface area contributed by atoms with E-state index in [0.717, 1.165) is 69.6 Å². The third-order valence-electron chi connectivity index (χ3n) is 10.4. The molecule has 0 radical (unpaired) electrons. The quantitative estimate of drug-likeness (QED) is 0.162. The summed E-state index contributed by atoms with van der Waals surface area (Å²) >= 11 is 0. The van der Waals surface area contributed by atoms with Gasteiger partial charge in [0.1, 0.15) is 42.0 Å². The third kappa shape index (κ3) is 7.93. The van der Waals surface area contributed by atoms with Crippen molar-refractivity contribution in [2.24, 2.45) is 16.4 Å². The highest BCUT2D eigenvalue weighted by molar-refractivity contribution is 5.85. The van der Waals surface area contributed by atoms with Gasteiger partial charge in [-0.15, -0.1) is 0 Å². The van der Waals surface area contributed by atoms with Crippen molar-refractivity contribution in [3.05, 3.63) is 115 Å². The van der Waals surface area contributed by atoms with Crippen LogP contribution >= 0.6 is 0 Å². The van der Waals surface area contributed by atoms with Gasteiger partial charge >= 0.3 is 0 Å². The zero-order valence-electron chi connectivity index (χ0n) is 29.9. The number of benzene rings is 3. The number of hydrazone groups is 1. The Morgan fingerprint density at radius 3 is 2.20 bits per heavy atom. The van der Waals surface area contributed by atoms with Gasteiger partial charge in [0.15, 0.2) is 0 Å². The van der Waals surface area contributed by atoms with E-state index in [1.807, 2.05) is 11.3 Å². The average Bonchev–Trinajstić information content (AvgIpc) is 3.88. The molecule has 2 fully saturated rings. The summed E-state index contributed by atoms with van der Waals surface area (Å²) in [4.78, 5) is 11.0. The first-order chi connectivity index (χ1) is 24.5. The first kappa shape index (κ1) is 34.7. The summed E-state index contributed by atoms with van der Waals surface area (Å²) in [6, 6.07) is 21.3. The van der Waals surface area contributed by atoms with Crippen molar-refractivity contribution in [1.82, 2.24) is 19.8 Å². The van der Waals surface area contributed by atoms with Crippen LogP contribution in [0.4, 0.5) is 25.8 Å². The molecular formula is C40H48F2N8O. The number of aryl methyl sites for hydroxylation is 1. The Hall–Kier alpha value is -4.77. The van der Waals surface area contributed by atoms with Crippen LogP contribution in [0.25, 0.3) is 0 Å². The molecule has 0 bridgehead atoms. The molecule has 3 aliphatic rings. The second kappa shape index (κ2) is 14.5. The van der Waals surface area contributed by atoms with Crippen LogP contribution in [0.1, 0.15) is 51.2 Å². The minimum atomic E-state index is -0.921. The molecule has 4 heterocycles. The normalized spacial score (nSPS) is 21.0. The summed E-state index contributed by atoms with van der Waals surface area (Å²) < 4.78 is 36.8. The van der Waals surface area contributed by atoms with Gasteiger partial charge in [0.25, 0.3) is 0 Å². The highest BCUT2D eigenvalue weighted by Crippen LogP contribution is 2.43. The summed E-state index contributed by atoms with van der Waals surface area (Å²) in [6.07, 6.45) is 8.39. The third-order valence-corrected chi connectivity index (χ3v) is 10.4. The van der Waals surface area contributed by atoms with Crippen molar-refractivity contribution >= 4 is 23.4 Å². The van der Waals surface area contributed by atoms with Crippen LogP contribution in [-0.4, -0.2) is 65.4 Å². The van der Waals surface area contributed by atoms with Crippen molar-refractivity contribution in [2.45, 2.75) is 58.6 Å². The molecule has 2 saturated heterocycles.